The molecule has 0 radical (unpaired) electrons. The zero-order chi connectivity index (χ0) is 10.8. The highest BCUT2D eigenvalue weighted by molar-refractivity contribution is 9.10. The maximum atomic E-state index is 9.94. The lowest BCUT2D eigenvalue weighted by atomic mass is 9.93. The molecule has 1 aromatic carbocycles. The third-order valence-electron chi connectivity index (χ3n) is 1.93. The molecule has 14 heavy (non-hydrogen) atoms. The van der Waals surface area contributed by atoms with Crippen molar-refractivity contribution in [3.8, 4) is 6.07 Å². The van der Waals surface area contributed by atoms with Crippen LogP contribution in [0.5, 0.6) is 0 Å². The van der Waals surface area contributed by atoms with Gasteiger partial charge in [-0.15, -0.1) is 0 Å². The Bertz CT molecular complexity index is 384. The van der Waals surface area contributed by atoms with Gasteiger partial charge in [0.2, 0.25) is 0 Å². The van der Waals surface area contributed by atoms with Crippen LogP contribution in [0.25, 0.3) is 0 Å². The van der Waals surface area contributed by atoms with Gasteiger partial charge in [0.05, 0.1) is 12.5 Å². The molecule has 0 saturated carbocycles. The van der Waals surface area contributed by atoms with Gasteiger partial charge in [-0.1, -0.05) is 33.6 Å². The Kier molecular flexibility index (Phi) is 3.54. The van der Waals surface area contributed by atoms with E-state index in [1.54, 1.807) is 25.1 Å². The third-order valence-corrected chi connectivity index (χ3v) is 2.74. The highest BCUT2D eigenvalue weighted by atomic mass is 79.9. The van der Waals surface area contributed by atoms with Crippen LogP contribution in [0.2, 0.25) is 5.02 Å². The van der Waals surface area contributed by atoms with Crippen LogP contribution in [0.15, 0.2) is 22.7 Å². The molecule has 0 spiro atoms. The Balaban J connectivity index is 3.14. The molecule has 0 bridgehead atoms. The molecule has 2 nitrogen and oxygen atoms in total. The van der Waals surface area contributed by atoms with Crippen LogP contribution in [0.4, 0.5) is 0 Å². The summed E-state index contributed by atoms with van der Waals surface area (Å²) >= 11 is 9.22. The van der Waals surface area contributed by atoms with Crippen molar-refractivity contribution in [2.24, 2.45) is 0 Å². The molecule has 0 heterocycles. The van der Waals surface area contributed by atoms with E-state index in [2.05, 4.69) is 15.9 Å². The van der Waals surface area contributed by atoms with Gasteiger partial charge in [0.15, 0.2) is 0 Å². The lowest BCUT2D eigenvalue weighted by Crippen LogP contribution is -2.20. The summed E-state index contributed by atoms with van der Waals surface area (Å²) in [5.74, 6) is 0. The van der Waals surface area contributed by atoms with E-state index in [1.807, 2.05) is 6.07 Å². The van der Waals surface area contributed by atoms with Crippen LogP contribution in [0.3, 0.4) is 0 Å². The number of nitriles is 1. The van der Waals surface area contributed by atoms with Crippen molar-refractivity contribution in [2.45, 2.75) is 18.9 Å². The van der Waals surface area contributed by atoms with Gasteiger partial charge >= 0.3 is 0 Å². The standard InChI is InChI=1S/C10H9BrClNO/c1-10(14,4-5-13)8-3-2-7(11)6-9(8)12/h2-3,6,14H,4H2,1H3. The molecule has 1 unspecified atom stereocenters. The smallest absolute Gasteiger partial charge is 0.101 e. The van der Waals surface area contributed by atoms with Crippen LogP contribution in [-0.2, 0) is 5.60 Å². The first kappa shape index (κ1) is 11.5. The maximum Gasteiger partial charge on any atom is 0.101 e. The molecule has 0 aliphatic heterocycles. The average molecular weight is 275 g/mol. The molecule has 0 amide bonds. The van der Waals surface area contributed by atoms with Crippen LogP contribution < -0.4 is 0 Å². The third kappa shape index (κ3) is 2.48. The molecule has 74 valence electrons. The summed E-state index contributed by atoms with van der Waals surface area (Å²) < 4.78 is 0.846. The lowest BCUT2D eigenvalue weighted by Gasteiger charge is -2.21. The zero-order valence-electron chi connectivity index (χ0n) is 7.59. The minimum atomic E-state index is -1.19. The van der Waals surface area contributed by atoms with Crippen LogP contribution in [-0.4, -0.2) is 5.11 Å². The molecule has 4 heteroatoms. The Labute approximate surface area is 96.2 Å². The van der Waals surface area contributed by atoms with Crippen molar-refractivity contribution in [3.63, 3.8) is 0 Å². The van der Waals surface area contributed by atoms with Crippen LogP contribution in [0, 0.1) is 11.3 Å². The Hall–Kier alpha value is -0.560. The normalized spacial score (nSPS) is 14.5. The van der Waals surface area contributed by atoms with Crippen molar-refractivity contribution in [1.29, 1.82) is 5.26 Å². The Morgan fingerprint density at radius 3 is 2.79 bits per heavy atom. The van der Waals surface area contributed by atoms with E-state index in [1.165, 1.54) is 0 Å². The van der Waals surface area contributed by atoms with Gasteiger partial charge in [-0.25, -0.2) is 0 Å². The molecule has 0 aliphatic rings. The maximum absolute atomic E-state index is 9.94. The molecule has 0 fully saturated rings. The molecule has 1 aromatic rings. The van der Waals surface area contributed by atoms with Gasteiger partial charge in [0.25, 0.3) is 0 Å². The average Bonchev–Trinajstić information content (AvgIpc) is 2.02. The summed E-state index contributed by atoms with van der Waals surface area (Å²) in [7, 11) is 0. The number of hydrogen-bond donors (Lipinski definition) is 1. The molecule has 1 rings (SSSR count). The topological polar surface area (TPSA) is 44.0 Å². The second-order valence-corrected chi connectivity index (χ2v) is 4.56. The van der Waals surface area contributed by atoms with Gasteiger partial charge in [0, 0.05) is 15.1 Å². The predicted octanol–water partition coefficient (Wildman–Crippen LogP) is 3.22. The van der Waals surface area contributed by atoms with Gasteiger partial charge in [-0.05, 0) is 19.1 Å². The van der Waals surface area contributed by atoms with Gasteiger partial charge in [0.1, 0.15) is 5.60 Å². The van der Waals surface area contributed by atoms with Gasteiger partial charge < -0.3 is 5.11 Å². The number of hydrogen-bond acceptors (Lipinski definition) is 2. The Morgan fingerprint density at radius 2 is 2.29 bits per heavy atom. The quantitative estimate of drug-likeness (QED) is 0.900. The summed E-state index contributed by atoms with van der Waals surface area (Å²) in [6, 6.07) is 7.12. The largest absolute Gasteiger partial charge is 0.384 e. The van der Waals surface area contributed by atoms with Crippen LogP contribution in [0.1, 0.15) is 18.9 Å². The van der Waals surface area contributed by atoms with Crippen LogP contribution >= 0.6 is 27.5 Å². The van der Waals surface area contributed by atoms with Crippen molar-refractivity contribution >= 4 is 27.5 Å². The van der Waals surface area contributed by atoms with E-state index < -0.39 is 5.60 Å². The predicted molar refractivity (Wildman–Crippen MR) is 59.0 cm³/mol. The molecular formula is C10H9BrClNO. The minimum Gasteiger partial charge on any atom is -0.384 e. The first-order valence-electron chi connectivity index (χ1n) is 4.02. The first-order chi connectivity index (χ1) is 6.47. The molecule has 0 aromatic heterocycles. The van der Waals surface area contributed by atoms with E-state index in [-0.39, 0.29) is 6.42 Å². The zero-order valence-corrected chi connectivity index (χ0v) is 9.93. The molecule has 0 aliphatic carbocycles. The fraction of sp³-hybridized carbons (Fsp3) is 0.300. The number of benzene rings is 1. The highest BCUT2D eigenvalue weighted by Crippen LogP contribution is 2.32. The summed E-state index contributed by atoms with van der Waals surface area (Å²) in [4.78, 5) is 0. The van der Waals surface area contributed by atoms with E-state index >= 15 is 0 Å². The number of halogens is 2. The van der Waals surface area contributed by atoms with E-state index in [0.717, 1.165) is 4.47 Å². The lowest BCUT2D eigenvalue weighted by molar-refractivity contribution is 0.0625. The monoisotopic (exact) mass is 273 g/mol. The van der Waals surface area contributed by atoms with E-state index in [9.17, 15) is 5.11 Å². The summed E-state index contributed by atoms with van der Waals surface area (Å²) in [6.45, 7) is 1.57. The number of nitrogens with zero attached hydrogens (tertiary/aromatic N) is 1. The SMILES string of the molecule is CC(O)(CC#N)c1ccc(Br)cc1Cl. The van der Waals surface area contributed by atoms with Crippen molar-refractivity contribution in [3.05, 3.63) is 33.3 Å². The van der Waals surface area contributed by atoms with Crippen molar-refractivity contribution in [1.82, 2.24) is 0 Å². The minimum absolute atomic E-state index is 0.0222. The highest BCUT2D eigenvalue weighted by Gasteiger charge is 2.25. The van der Waals surface area contributed by atoms with E-state index in [4.69, 9.17) is 16.9 Å². The van der Waals surface area contributed by atoms with Gasteiger partial charge in [-0.2, -0.15) is 5.26 Å². The molecule has 0 saturated heterocycles. The van der Waals surface area contributed by atoms with Crippen molar-refractivity contribution in [2.75, 3.05) is 0 Å². The number of rotatable bonds is 2. The molecule has 1 N–H and O–H groups in total. The van der Waals surface area contributed by atoms with Crippen molar-refractivity contribution < 1.29 is 5.11 Å². The second kappa shape index (κ2) is 4.31. The summed E-state index contributed by atoms with van der Waals surface area (Å²) in [5, 5.41) is 18.9. The molecule has 1 atom stereocenters. The number of aliphatic hydroxyl groups is 1. The fourth-order valence-corrected chi connectivity index (χ4v) is 2.05. The molecular weight excluding hydrogens is 265 g/mol. The fourth-order valence-electron chi connectivity index (χ4n) is 1.18. The second-order valence-electron chi connectivity index (χ2n) is 3.23. The summed E-state index contributed by atoms with van der Waals surface area (Å²) in [5.41, 5.74) is -0.615. The Morgan fingerprint density at radius 1 is 1.64 bits per heavy atom. The summed E-state index contributed by atoms with van der Waals surface area (Å²) in [6.07, 6.45) is 0.0222. The van der Waals surface area contributed by atoms with Gasteiger partial charge in [-0.3, -0.25) is 0 Å². The van der Waals surface area contributed by atoms with E-state index in [0.29, 0.717) is 10.6 Å². The first-order valence-corrected chi connectivity index (χ1v) is 5.19.